The van der Waals surface area contributed by atoms with E-state index in [0.717, 1.165) is 12.1 Å². The van der Waals surface area contributed by atoms with Crippen LogP contribution in [-0.2, 0) is 4.74 Å². The van der Waals surface area contributed by atoms with Gasteiger partial charge in [0, 0.05) is 31.2 Å². The predicted molar refractivity (Wildman–Crippen MR) is 90.1 cm³/mol. The van der Waals surface area contributed by atoms with Crippen LogP contribution in [0, 0.1) is 0 Å². The van der Waals surface area contributed by atoms with Gasteiger partial charge in [0.1, 0.15) is 0 Å². The molecule has 3 nitrogen and oxygen atoms in total. The van der Waals surface area contributed by atoms with Gasteiger partial charge in [0.2, 0.25) is 0 Å². The fourth-order valence-electron chi connectivity index (χ4n) is 5.59. The van der Waals surface area contributed by atoms with E-state index < -0.39 is 0 Å². The summed E-state index contributed by atoms with van der Waals surface area (Å²) in [5.74, 6) is 0. The molecule has 1 saturated heterocycles. The highest BCUT2D eigenvalue weighted by Crippen LogP contribution is 2.35. The average molecular weight is 306 g/mol. The van der Waals surface area contributed by atoms with E-state index in [1.54, 1.807) is 0 Å². The monoisotopic (exact) mass is 306 g/mol. The van der Waals surface area contributed by atoms with Gasteiger partial charge in [0.05, 0.1) is 12.2 Å². The van der Waals surface area contributed by atoms with Gasteiger partial charge in [0.15, 0.2) is 0 Å². The molecule has 0 amide bonds. The zero-order valence-electron chi connectivity index (χ0n) is 14.1. The number of rotatable bonds is 3. The standard InChI is InChI=1S/C19H34N2O/c1-2-8-15(7-1)22-19-12-6-5-11-18(19)21-14-13-20-16-9-3-4-10-17(16)21/h15-20H,1-14H2/t16-,17+,18-,19+/m1/s1. The van der Waals surface area contributed by atoms with E-state index in [0.29, 0.717) is 18.2 Å². The smallest absolute Gasteiger partial charge is 0.0734 e. The van der Waals surface area contributed by atoms with Crippen LogP contribution in [0.25, 0.3) is 0 Å². The number of hydrogen-bond acceptors (Lipinski definition) is 3. The summed E-state index contributed by atoms with van der Waals surface area (Å²) in [5.41, 5.74) is 0. The Bertz CT molecular complexity index is 353. The molecule has 3 aliphatic carbocycles. The van der Waals surface area contributed by atoms with Crippen molar-refractivity contribution in [2.45, 2.75) is 107 Å². The predicted octanol–water partition coefficient (Wildman–Crippen LogP) is 3.47. The molecule has 0 spiro atoms. The van der Waals surface area contributed by atoms with E-state index in [4.69, 9.17) is 4.74 Å². The molecule has 0 radical (unpaired) electrons. The highest BCUT2D eigenvalue weighted by molar-refractivity contribution is 4.97. The lowest BCUT2D eigenvalue weighted by Gasteiger charge is -2.51. The molecule has 1 N–H and O–H groups in total. The van der Waals surface area contributed by atoms with Crippen molar-refractivity contribution in [2.75, 3.05) is 13.1 Å². The van der Waals surface area contributed by atoms with Crippen LogP contribution < -0.4 is 5.32 Å². The first-order valence-corrected chi connectivity index (χ1v) is 10.1. The average Bonchev–Trinajstić information content (AvgIpc) is 3.08. The Morgan fingerprint density at radius 2 is 1.41 bits per heavy atom. The zero-order valence-corrected chi connectivity index (χ0v) is 14.1. The van der Waals surface area contributed by atoms with Crippen LogP contribution in [-0.4, -0.2) is 48.3 Å². The summed E-state index contributed by atoms with van der Waals surface area (Å²) in [6, 6.07) is 2.26. The summed E-state index contributed by atoms with van der Waals surface area (Å²) >= 11 is 0. The van der Waals surface area contributed by atoms with Crippen molar-refractivity contribution < 1.29 is 4.74 Å². The number of piperazine rings is 1. The second-order valence-electron chi connectivity index (χ2n) is 8.08. The molecule has 4 rings (SSSR count). The summed E-state index contributed by atoms with van der Waals surface area (Å²) < 4.78 is 6.64. The van der Waals surface area contributed by atoms with Crippen molar-refractivity contribution in [3.63, 3.8) is 0 Å². The fourth-order valence-corrected chi connectivity index (χ4v) is 5.59. The third kappa shape index (κ3) is 3.22. The van der Waals surface area contributed by atoms with Crippen LogP contribution in [0.15, 0.2) is 0 Å². The van der Waals surface area contributed by atoms with Crippen LogP contribution in [0.5, 0.6) is 0 Å². The third-order valence-electron chi connectivity index (χ3n) is 6.70. The second kappa shape index (κ2) is 7.19. The van der Waals surface area contributed by atoms with Crippen LogP contribution >= 0.6 is 0 Å². The fraction of sp³-hybridized carbons (Fsp3) is 1.00. The van der Waals surface area contributed by atoms with E-state index in [1.165, 1.54) is 90.1 Å². The highest BCUT2D eigenvalue weighted by Gasteiger charge is 2.41. The first-order chi connectivity index (χ1) is 10.9. The van der Waals surface area contributed by atoms with Gasteiger partial charge in [-0.3, -0.25) is 4.90 Å². The molecule has 0 aromatic rings. The number of fused-ring (bicyclic) bond motifs is 1. The minimum atomic E-state index is 0.525. The molecule has 3 saturated carbocycles. The molecule has 4 atom stereocenters. The van der Waals surface area contributed by atoms with Gasteiger partial charge in [0.25, 0.3) is 0 Å². The van der Waals surface area contributed by atoms with Crippen molar-refractivity contribution >= 4 is 0 Å². The molecule has 0 aromatic carbocycles. The topological polar surface area (TPSA) is 24.5 Å². The Kier molecular flexibility index (Phi) is 5.04. The Labute approximate surface area is 136 Å². The van der Waals surface area contributed by atoms with Gasteiger partial charge in [-0.25, -0.2) is 0 Å². The van der Waals surface area contributed by atoms with E-state index in [2.05, 4.69) is 10.2 Å². The number of ether oxygens (including phenoxy) is 1. The minimum Gasteiger partial charge on any atom is -0.373 e. The van der Waals surface area contributed by atoms with Gasteiger partial charge in [-0.1, -0.05) is 38.5 Å². The van der Waals surface area contributed by atoms with Gasteiger partial charge in [-0.15, -0.1) is 0 Å². The highest BCUT2D eigenvalue weighted by atomic mass is 16.5. The molecule has 3 heteroatoms. The lowest BCUT2D eigenvalue weighted by molar-refractivity contribution is -0.0931. The lowest BCUT2D eigenvalue weighted by Crippen LogP contribution is -2.64. The summed E-state index contributed by atoms with van der Waals surface area (Å²) in [7, 11) is 0. The van der Waals surface area contributed by atoms with E-state index in [1.807, 2.05) is 0 Å². The van der Waals surface area contributed by atoms with Gasteiger partial charge in [-0.05, 0) is 38.5 Å². The molecule has 22 heavy (non-hydrogen) atoms. The Balaban J connectivity index is 1.45. The second-order valence-corrected chi connectivity index (χ2v) is 8.08. The Hall–Kier alpha value is -0.120. The molecule has 0 aromatic heterocycles. The lowest BCUT2D eigenvalue weighted by atomic mass is 9.83. The molecular weight excluding hydrogens is 272 g/mol. The Morgan fingerprint density at radius 1 is 0.727 bits per heavy atom. The Morgan fingerprint density at radius 3 is 2.27 bits per heavy atom. The largest absolute Gasteiger partial charge is 0.373 e. The first kappa shape index (κ1) is 15.4. The first-order valence-electron chi connectivity index (χ1n) is 10.1. The summed E-state index contributed by atoms with van der Waals surface area (Å²) in [5, 5.41) is 3.80. The molecule has 4 aliphatic rings. The SMILES string of the molecule is C1CCC(O[C@H]2CCCC[C@H]2N2CCN[C@@H]3CCCC[C@@H]32)C1. The van der Waals surface area contributed by atoms with Crippen LogP contribution in [0.4, 0.5) is 0 Å². The summed E-state index contributed by atoms with van der Waals surface area (Å²) in [4.78, 5) is 2.89. The molecule has 1 aliphatic heterocycles. The van der Waals surface area contributed by atoms with Crippen molar-refractivity contribution in [3.8, 4) is 0 Å². The summed E-state index contributed by atoms with van der Waals surface area (Å²) in [6.45, 7) is 2.43. The molecular formula is C19H34N2O. The van der Waals surface area contributed by atoms with Crippen molar-refractivity contribution in [2.24, 2.45) is 0 Å². The minimum absolute atomic E-state index is 0.525. The maximum Gasteiger partial charge on any atom is 0.0734 e. The quantitative estimate of drug-likeness (QED) is 0.864. The van der Waals surface area contributed by atoms with Gasteiger partial charge >= 0.3 is 0 Å². The summed E-state index contributed by atoms with van der Waals surface area (Å²) in [6.07, 6.45) is 17.6. The zero-order chi connectivity index (χ0) is 14.8. The van der Waals surface area contributed by atoms with E-state index >= 15 is 0 Å². The van der Waals surface area contributed by atoms with Gasteiger partial charge in [-0.2, -0.15) is 0 Å². The third-order valence-corrected chi connectivity index (χ3v) is 6.70. The van der Waals surface area contributed by atoms with E-state index in [-0.39, 0.29) is 0 Å². The molecule has 4 fully saturated rings. The van der Waals surface area contributed by atoms with Crippen LogP contribution in [0.3, 0.4) is 0 Å². The normalized spacial score (nSPS) is 41.5. The maximum absolute atomic E-state index is 6.64. The number of nitrogens with one attached hydrogen (secondary N) is 1. The number of nitrogens with zero attached hydrogens (tertiary/aromatic N) is 1. The molecule has 0 bridgehead atoms. The molecule has 1 heterocycles. The molecule has 0 unspecified atom stereocenters. The maximum atomic E-state index is 6.64. The van der Waals surface area contributed by atoms with Crippen molar-refractivity contribution in [1.29, 1.82) is 0 Å². The molecule has 126 valence electrons. The van der Waals surface area contributed by atoms with E-state index in [9.17, 15) is 0 Å². The van der Waals surface area contributed by atoms with Crippen LogP contribution in [0.2, 0.25) is 0 Å². The van der Waals surface area contributed by atoms with Crippen LogP contribution in [0.1, 0.15) is 77.0 Å². The van der Waals surface area contributed by atoms with Gasteiger partial charge < -0.3 is 10.1 Å². The number of hydrogen-bond donors (Lipinski definition) is 1. The van der Waals surface area contributed by atoms with Crippen molar-refractivity contribution in [3.05, 3.63) is 0 Å². The van der Waals surface area contributed by atoms with Crippen molar-refractivity contribution in [1.82, 2.24) is 10.2 Å².